The van der Waals surface area contributed by atoms with Crippen molar-refractivity contribution < 1.29 is 14.3 Å². The van der Waals surface area contributed by atoms with Crippen LogP contribution in [0.3, 0.4) is 0 Å². The summed E-state index contributed by atoms with van der Waals surface area (Å²) in [6.45, 7) is 3.17. The number of ether oxygens (including phenoxy) is 2. The molecule has 1 N–H and O–H groups in total. The van der Waals surface area contributed by atoms with Crippen molar-refractivity contribution in [3.05, 3.63) is 23.2 Å². The molecule has 0 radical (unpaired) electrons. The Morgan fingerprint density at radius 3 is 2.92 bits per heavy atom. The van der Waals surface area contributed by atoms with Gasteiger partial charge in [-0.3, -0.25) is 0 Å². The van der Waals surface area contributed by atoms with E-state index in [1.54, 1.807) is 17.0 Å². The number of carbonyl (C=O) groups is 1. The lowest BCUT2D eigenvalue weighted by atomic mass is 9.86. The largest absolute Gasteiger partial charge is 0.491 e. The topological polar surface area (TPSA) is 54.0 Å². The van der Waals surface area contributed by atoms with E-state index in [-0.39, 0.29) is 12.1 Å². The zero-order valence-corrected chi connectivity index (χ0v) is 16.3. The van der Waals surface area contributed by atoms with E-state index in [0.717, 1.165) is 6.54 Å². The Kier molecular flexibility index (Phi) is 6.62. The number of anilines is 1. The summed E-state index contributed by atoms with van der Waals surface area (Å²) in [7, 11) is 4.00. The first-order chi connectivity index (χ1) is 12.5. The SMILES string of the molecule is CN(C)C[C@@H]1CN(C(=O)Nc2cc(Cl)ccc2OCC2CCC2)CCO1. The average Bonchev–Trinajstić information content (AvgIpc) is 2.55. The van der Waals surface area contributed by atoms with Crippen LogP contribution in [0.2, 0.25) is 5.02 Å². The van der Waals surface area contributed by atoms with Gasteiger partial charge in [-0.05, 0) is 51.1 Å². The molecule has 0 aromatic heterocycles. The Labute approximate surface area is 160 Å². The third kappa shape index (κ3) is 5.25. The number of hydrogen-bond donors (Lipinski definition) is 1. The summed E-state index contributed by atoms with van der Waals surface area (Å²) in [5.74, 6) is 1.30. The molecule has 1 aliphatic carbocycles. The smallest absolute Gasteiger partial charge is 0.322 e. The molecule has 1 saturated carbocycles. The van der Waals surface area contributed by atoms with Gasteiger partial charge >= 0.3 is 6.03 Å². The lowest BCUT2D eigenvalue weighted by molar-refractivity contribution is -0.0229. The minimum absolute atomic E-state index is 0.0261. The molecule has 0 unspecified atom stereocenters. The fourth-order valence-electron chi connectivity index (χ4n) is 3.21. The molecule has 0 spiro atoms. The van der Waals surface area contributed by atoms with Crippen molar-refractivity contribution in [1.82, 2.24) is 9.80 Å². The maximum Gasteiger partial charge on any atom is 0.322 e. The maximum absolute atomic E-state index is 12.7. The molecule has 26 heavy (non-hydrogen) atoms. The third-order valence-electron chi connectivity index (χ3n) is 4.88. The first-order valence-corrected chi connectivity index (χ1v) is 9.63. The van der Waals surface area contributed by atoms with Gasteiger partial charge in [-0.1, -0.05) is 18.0 Å². The van der Waals surface area contributed by atoms with Gasteiger partial charge in [-0.25, -0.2) is 4.79 Å². The maximum atomic E-state index is 12.7. The van der Waals surface area contributed by atoms with Crippen molar-refractivity contribution in [2.75, 3.05) is 52.3 Å². The molecule has 1 atom stereocenters. The Balaban J connectivity index is 1.61. The van der Waals surface area contributed by atoms with Crippen LogP contribution in [0.1, 0.15) is 19.3 Å². The van der Waals surface area contributed by atoms with Gasteiger partial charge < -0.3 is 24.6 Å². The molecule has 1 aliphatic heterocycles. The minimum atomic E-state index is -0.146. The molecule has 1 aromatic rings. The van der Waals surface area contributed by atoms with Crippen LogP contribution in [-0.2, 0) is 4.74 Å². The average molecular weight is 382 g/mol. The molecule has 144 valence electrons. The van der Waals surface area contributed by atoms with Crippen LogP contribution in [0.4, 0.5) is 10.5 Å². The van der Waals surface area contributed by atoms with Crippen molar-refractivity contribution in [3.63, 3.8) is 0 Å². The van der Waals surface area contributed by atoms with E-state index in [0.29, 0.717) is 48.7 Å². The van der Waals surface area contributed by atoms with Crippen LogP contribution in [0.15, 0.2) is 18.2 Å². The highest BCUT2D eigenvalue weighted by Gasteiger charge is 2.25. The Morgan fingerprint density at radius 1 is 1.42 bits per heavy atom. The van der Waals surface area contributed by atoms with E-state index in [2.05, 4.69) is 10.2 Å². The van der Waals surface area contributed by atoms with Gasteiger partial charge in [-0.2, -0.15) is 0 Å². The zero-order valence-electron chi connectivity index (χ0n) is 15.5. The van der Waals surface area contributed by atoms with Crippen LogP contribution < -0.4 is 10.1 Å². The molecule has 3 rings (SSSR count). The second-order valence-corrected chi connectivity index (χ2v) is 7.82. The van der Waals surface area contributed by atoms with Crippen molar-refractivity contribution in [3.8, 4) is 5.75 Å². The van der Waals surface area contributed by atoms with Crippen LogP contribution in [0, 0.1) is 5.92 Å². The zero-order chi connectivity index (χ0) is 18.5. The molecule has 2 amide bonds. The summed E-state index contributed by atoms with van der Waals surface area (Å²) >= 11 is 6.12. The first-order valence-electron chi connectivity index (χ1n) is 9.26. The number of nitrogens with one attached hydrogen (secondary N) is 1. The molecule has 2 aliphatic rings. The third-order valence-corrected chi connectivity index (χ3v) is 5.11. The number of amides is 2. The Hall–Kier alpha value is -1.50. The number of nitrogens with zero attached hydrogens (tertiary/aromatic N) is 2. The standard InChI is InChI=1S/C19H28ClN3O3/c1-22(2)11-16-12-23(8-9-25-16)19(24)21-17-10-15(20)6-7-18(17)26-13-14-4-3-5-14/h6-7,10,14,16H,3-5,8-9,11-13H2,1-2H3,(H,21,24)/t16-/m1/s1. The van der Waals surface area contributed by atoms with Crippen molar-refractivity contribution in [1.29, 1.82) is 0 Å². The number of urea groups is 1. The van der Waals surface area contributed by atoms with Gasteiger partial charge in [0.1, 0.15) is 5.75 Å². The first kappa shape index (κ1) is 19.3. The molecular weight excluding hydrogens is 354 g/mol. The van der Waals surface area contributed by atoms with E-state index in [4.69, 9.17) is 21.1 Å². The highest BCUT2D eigenvalue weighted by Crippen LogP contribution is 2.32. The molecule has 1 saturated heterocycles. The van der Waals surface area contributed by atoms with Crippen LogP contribution in [0.5, 0.6) is 5.75 Å². The Morgan fingerprint density at radius 2 is 2.23 bits per heavy atom. The molecule has 1 aromatic carbocycles. The summed E-state index contributed by atoms with van der Waals surface area (Å²) in [5.41, 5.74) is 0.623. The van der Waals surface area contributed by atoms with E-state index >= 15 is 0 Å². The number of morpholine rings is 1. The van der Waals surface area contributed by atoms with Gasteiger partial charge in [-0.15, -0.1) is 0 Å². The number of hydrogen-bond acceptors (Lipinski definition) is 4. The summed E-state index contributed by atoms with van der Waals surface area (Å²) in [5, 5.41) is 3.54. The molecule has 6 nitrogen and oxygen atoms in total. The number of carbonyl (C=O) groups excluding carboxylic acids is 1. The predicted octanol–water partition coefficient (Wildman–Crippen LogP) is 3.31. The second-order valence-electron chi connectivity index (χ2n) is 7.38. The summed E-state index contributed by atoms with van der Waals surface area (Å²) in [6.07, 6.45) is 3.74. The van der Waals surface area contributed by atoms with Gasteiger partial charge in [0.2, 0.25) is 0 Å². The van der Waals surface area contributed by atoms with Gasteiger partial charge in [0.15, 0.2) is 0 Å². The highest BCUT2D eigenvalue weighted by molar-refractivity contribution is 6.31. The number of halogens is 1. The normalized spacial score (nSPS) is 20.8. The van der Waals surface area contributed by atoms with Gasteiger partial charge in [0.25, 0.3) is 0 Å². The van der Waals surface area contributed by atoms with E-state index in [9.17, 15) is 4.79 Å². The lowest BCUT2D eigenvalue weighted by Crippen LogP contribution is -2.50. The highest BCUT2D eigenvalue weighted by atomic mass is 35.5. The number of rotatable bonds is 6. The number of likely N-dealkylation sites (N-methyl/N-ethyl adjacent to an activating group) is 1. The van der Waals surface area contributed by atoms with Crippen LogP contribution >= 0.6 is 11.6 Å². The van der Waals surface area contributed by atoms with Crippen LogP contribution in [0.25, 0.3) is 0 Å². The van der Waals surface area contributed by atoms with E-state index in [1.165, 1.54) is 19.3 Å². The lowest BCUT2D eigenvalue weighted by Gasteiger charge is -2.34. The van der Waals surface area contributed by atoms with E-state index in [1.807, 2.05) is 20.2 Å². The fourth-order valence-corrected chi connectivity index (χ4v) is 3.38. The van der Waals surface area contributed by atoms with Crippen molar-refractivity contribution in [2.24, 2.45) is 5.92 Å². The molecule has 7 heteroatoms. The van der Waals surface area contributed by atoms with E-state index < -0.39 is 0 Å². The number of benzene rings is 1. The molecule has 0 bridgehead atoms. The summed E-state index contributed by atoms with van der Waals surface area (Å²) < 4.78 is 11.7. The quantitative estimate of drug-likeness (QED) is 0.821. The minimum Gasteiger partial charge on any atom is -0.491 e. The monoisotopic (exact) mass is 381 g/mol. The van der Waals surface area contributed by atoms with Gasteiger partial charge in [0.05, 0.1) is 25.0 Å². The molecule has 1 heterocycles. The molecular formula is C19H28ClN3O3. The van der Waals surface area contributed by atoms with Crippen molar-refractivity contribution in [2.45, 2.75) is 25.4 Å². The second kappa shape index (κ2) is 8.93. The van der Waals surface area contributed by atoms with Gasteiger partial charge in [0, 0.05) is 24.7 Å². The van der Waals surface area contributed by atoms with Crippen molar-refractivity contribution >= 4 is 23.3 Å². The fraction of sp³-hybridized carbons (Fsp3) is 0.632. The summed E-state index contributed by atoms with van der Waals surface area (Å²) in [6, 6.07) is 5.21. The predicted molar refractivity (Wildman–Crippen MR) is 103 cm³/mol. The summed E-state index contributed by atoms with van der Waals surface area (Å²) in [4.78, 5) is 16.6. The molecule has 2 fully saturated rings. The van der Waals surface area contributed by atoms with Crippen LogP contribution in [-0.4, -0.2) is 68.9 Å². The Bertz CT molecular complexity index is 622.